The molecule has 4 rings (SSSR count). The summed E-state index contributed by atoms with van der Waals surface area (Å²) in [5.41, 5.74) is 0.403. The SMILES string of the molecule is O=C(COc1ccccc1)NCc1nc(NCc2cccc(C(F)(F)F)c2)c2ccccc2n1. The highest BCUT2D eigenvalue weighted by atomic mass is 19.4. The standard InChI is InChI=1S/C25H21F3N4O2/c26-25(27,28)18-8-6-7-17(13-18)14-30-24-20-11-4-5-12-21(20)31-22(32-24)15-29-23(33)16-34-19-9-2-1-3-10-19/h1-13H,14-16H2,(H,29,33)(H,30,31,32). The maximum atomic E-state index is 13.0. The normalized spacial score (nSPS) is 11.3. The number of amides is 1. The summed E-state index contributed by atoms with van der Waals surface area (Å²) in [6.07, 6.45) is -4.41. The minimum Gasteiger partial charge on any atom is -0.484 e. The Labute approximate surface area is 193 Å². The van der Waals surface area contributed by atoms with Gasteiger partial charge in [-0.3, -0.25) is 4.79 Å². The highest BCUT2D eigenvalue weighted by molar-refractivity contribution is 5.89. The first-order valence-corrected chi connectivity index (χ1v) is 10.5. The van der Waals surface area contributed by atoms with Crippen LogP contribution in [0.25, 0.3) is 10.9 Å². The predicted octanol–water partition coefficient (Wildman–Crippen LogP) is 4.96. The zero-order chi connectivity index (χ0) is 24.0. The van der Waals surface area contributed by atoms with E-state index in [0.29, 0.717) is 28.5 Å². The van der Waals surface area contributed by atoms with Crippen molar-refractivity contribution in [2.75, 3.05) is 11.9 Å². The number of carbonyl (C=O) groups is 1. The molecule has 0 aliphatic carbocycles. The van der Waals surface area contributed by atoms with Gasteiger partial charge in [0.05, 0.1) is 17.6 Å². The Morgan fingerprint density at radius 3 is 2.44 bits per heavy atom. The molecule has 0 fully saturated rings. The van der Waals surface area contributed by atoms with Crippen LogP contribution in [0.5, 0.6) is 5.75 Å². The fraction of sp³-hybridized carbons (Fsp3) is 0.160. The number of benzene rings is 3. The van der Waals surface area contributed by atoms with Gasteiger partial charge in [0.15, 0.2) is 12.4 Å². The second kappa shape index (κ2) is 10.2. The van der Waals surface area contributed by atoms with Crippen molar-refractivity contribution in [3.63, 3.8) is 0 Å². The molecule has 0 saturated heterocycles. The van der Waals surface area contributed by atoms with E-state index in [1.807, 2.05) is 36.4 Å². The van der Waals surface area contributed by atoms with E-state index in [2.05, 4.69) is 20.6 Å². The van der Waals surface area contributed by atoms with Gasteiger partial charge < -0.3 is 15.4 Å². The minimum absolute atomic E-state index is 0.0695. The second-order valence-corrected chi connectivity index (χ2v) is 7.44. The summed E-state index contributed by atoms with van der Waals surface area (Å²) in [5.74, 6) is 1.07. The molecule has 174 valence electrons. The van der Waals surface area contributed by atoms with Crippen molar-refractivity contribution in [3.05, 3.63) is 95.8 Å². The van der Waals surface area contributed by atoms with Crippen molar-refractivity contribution in [3.8, 4) is 5.75 Å². The number of hydrogen-bond donors (Lipinski definition) is 2. The Bertz CT molecular complexity index is 1280. The minimum atomic E-state index is -4.41. The van der Waals surface area contributed by atoms with Gasteiger partial charge in [-0.25, -0.2) is 9.97 Å². The quantitative estimate of drug-likeness (QED) is 0.384. The molecule has 6 nitrogen and oxygen atoms in total. The van der Waals surface area contributed by atoms with Crippen LogP contribution in [0.1, 0.15) is 17.0 Å². The Hall–Kier alpha value is -4.14. The van der Waals surface area contributed by atoms with Gasteiger partial charge in [0.25, 0.3) is 5.91 Å². The van der Waals surface area contributed by atoms with Crippen molar-refractivity contribution >= 4 is 22.6 Å². The molecule has 0 aliphatic rings. The number of carbonyl (C=O) groups excluding carboxylic acids is 1. The van der Waals surface area contributed by atoms with Crippen LogP contribution in [-0.4, -0.2) is 22.5 Å². The fourth-order valence-corrected chi connectivity index (χ4v) is 3.28. The fourth-order valence-electron chi connectivity index (χ4n) is 3.28. The molecule has 1 aromatic heterocycles. The lowest BCUT2D eigenvalue weighted by atomic mass is 10.1. The largest absolute Gasteiger partial charge is 0.484 e. The number of aromatic nitrogens is 2. The number of anilines is 1. The van der Waals surface area contributed by atoms with Gasteiger partial charge in [0, 0.05) is 11.9 Å². The third kappa shape index (κ3) is 6.00. The van der Waals surface area contributed by atoms with Gasteiger partial charge >= 0.3 is 6.18 Å². The Kier molecular flexibility index (Phi) is 6.91. The van der Waals surface area contributed by atoms with Crippen LogP contribution in [0.3, 0.4) is 0 Å². The van der Waals surface area contributed by atoms with Crippen LogP contribution in [-0.2, 0) is 24.1 Å². The number of alkyl halides is 3. The summed E-state index contributed by atoms with van der Waals surface area (Å²) in [6, 6.07) is 21.4. The van der Waals surface area contributed by atoms with Crippen molar-refractivity contribution < 1.29 is 22.7 Å². The van der Waals surface area contributed by atoms with E-state index < -0.39 is 11.7 Å². The molecule has 9 heteroatoms. The van der Waals surface area contributed by atoms with Gasteiger partial charge in [-0.1, -0.05) is 42.5 Å². The first-order valence-electron chi connectivity index (χ1n) is 10.5. The summed E-state index contributed by atoms with van der Waals surface area (Å²) in [4.78, 5) is 21.1. The van der Waals surface area contributed by atoms with Crippen molar-refractivity contribution in [2.24, 2.45) is 0 Å². The summed E-state index contributed by atoms with van der Waals surface area (Å²) in [7, 11) is 0. The molecule has 0 radical (unpaired) electrons. The second-order valence-electron chi connectivity index (χ2n) is 7.44. The number of fused-ring (bicyclic) bond motifs is 1. The number of nitrogens with zero attached hydrogens (tertiary/aromatic N) is 2. The zero-order valence-corrected chi connectivity index (χ0v) is 18.0. The van der Waals surface area contributed by atoms with Gasteiger partial charge in [-0.05, 0) is 42.0 Å². The highest BCUT2D eigenvalue weighted by Gasteiger charge is 2.30. The molecule has 3 aromatic carbocycles. The maximum Gasteiger partial charge on any atom is 0.416 e. The Morgan fingerprint density at radius 1 is 0.882 bits per heavy atom. The number of nitrogens with one attached hydrogen (secondary N) is 2. The van der Waals surface area contributed by atoms with Gasteiger partial charge in [0.2, 0.25) is 0 Å². The molecule has 34 heavy (non-hydrogen) atoms. The smallest absolute Gasteiger partial charge is 0.416 e. The van der Waals surface area contributed by atoms with E-state index in [0.717, 1.165) is 17.5 Å². The van der Waals surface area contributed by atoms with E-state index >= 15 is 0 Å². The molecule has 0 unspecified atom stereocenters. The molecular weight excluding hydrogens is 445 g/mol. The molecule has 1 amide bonds. The van der Waals surface area contributed by atoms with Crippen molar-refractivity contribution in [1.82, 2.24) is 15.3 Å². The lowest BCUT2D eigenvalue weighted by Gasteiger charge is -2.13. The summed E-state index contributed by atoms with van der Waals surface area (Å²) >= 11 is 0. The molecule has 0 aliphatic heterocycles. The van der Waals surface area contributed by atoms with Crippen molar-refractivity contribution in [2.45, 2.75) is 19.3 Å². The van der Waals surface area contributed by atoms with E-state index in [-0.39, 0.29) is 25.6 Å². The first-order chi connectivity index (χ1) is 16.4. The third-order valence-electron chi connectivity index (χ3n) is 4.92. The van der Waals surface area contributed by atoms with Crippen LogP contribution in [0.2, 0.25) is 0 Å². The number of rotatable bonds is 8. The van der Waals surface area contributed by atoms with E-state index in [4.69, 9.17) is 4.74 Å². The number of para-hydroxylation sites is 2. The lowest BCUT2D eigenvalue weighted by Crippen LogP contribution is -2.29. The predicted molar refractivity (Wildman–Crippen MR) is 122 cm³/mol. The molecule has 4 aromatic rings. The average molecular weight is 466 g/mol. The summed E-state index contributed by atoms with van der Waals surface area (Å²) < 4.78 is 44.5. The first kappa shape index (κ1) is 23.0. The van der Waals surface area contributed by atoms with Crippen LogP contribution < -0.4 is 15.4 Å². The Balaban J connectivity index is 1.44. The lowest BCUT2D eigenvalue weighted by molar-refractivity contribution is -0.137. The van der Waals surface area contributed by atoms with E-state index in [1.165, 1.54) is 6.07 Å². The molecule has 1 heterocycles. The van der Waals surface area contributed by atoms with Crippen LogP contribution in [0.15, 0.2) is 78.9 Å². The highest BCUT2D eigenvalue weighted by Crippen LogP contribution is 2.30. The summed E-state index contributed by atoms with van der Waals surface area (Å²) in [6.45, 7) is 0.0555. The molecule has 0 bridgehead atoms. The van der Waals surface area contributed by atoms with Crippen LogP contribution >= 0.6 is 0 Å². The topological polar surface area (TPSA) is 76.1 Å². The number of halogens is 3. The molecule has 2 N–H and O–H groups in total. The number of hydrogen-bond acceptors (Lipinski definition) is 5. The van der Waals surface area contributed by atoms with Crippen LogP contribution in [0.4, 0.5) is 19.0 Å². The average Bonchev–Trinajstić information content (AvgIpc) is 2.85. The third-order valence-corrected chi connectivity index (χ3v) is 4.92. The maximum absolute atomic E-state index is 13.0. The molecular formula is C25H21F3N4O2. The van der Waals surface area contributed by atoms with E-state index in [9.17, 15) is 18.0 Å². The van der Waals surface area contributed by atoms with Crippen LogP contribution in [0, 0.1) is 0 Å². The zero-order valence-electron chi connectivity index (χ0n) is 18.0. The van der Waals surface area contributed by atoms with Crippen molar-refractivity contribution in [1.29, 1.82) is 0 Å². The summed E-state index contributed by atoms with van der Waals surface area (Å²) in [5, 5.41) is 6.54. The molecule has 0 spiro atoms. The molecule has 0 atom stereocenters. The van der Waals surface area contributed by atoms with Gasteiger partial charge in [-0.15, -0.1) is 0 Å². The molecule has 0 saturated carbocycles. The van der Waals surface area contributed by atoms with Gasteiger partial charge in [0.1, 0.15) is 11.6 Å². The Morgan fingerprint density at radius 2 is 1.65 bits per heavy atom. The van der Waals surface area contributed by atoms with E-state index in [1.54, 1.807) is 24.3 Å². The monoisotopic (exact) mass is 466 g/mol. The number of ether oxygens (including phenoxy) is 1. The van der Waals surface area contributed by atoms with Gasteiger partial charge in [-0.2, -0.15) is 13.2 Å².